The number of rotatable bonds is 6. The molecular weight excluding hydrogens is 748 g/mol. The highest BCUT2D eigenvalue weighted by Crippen LogP contribution is 2.49. The number of fused-ring (bicyclic) bond motifs is 5. The highest BCUT2D eigenvalue weighted by atomic mass is 35.5. The number of ether oxygens (including phenoxy) is 3. The second kappa shape index (κ2) is 16.5. The molecule has 306 valence electrons. The number of halogens is 1. The first kappa shape index (κ1) is 40.1. The number of amides is 1. The summed E-state index contributed by atoms with van der Waals surface area (Å²) in [5, 5.41) is -0.0728. The van der Waals surface area contributed by atoms with Crippen molar-refractivity contribution in [2.45, 2.75) is 93.4 Å². The first-order valence-electron chi connectivity index (χ1n) is 21.1. The predicted molar refractivity (Wildman–Crippen MR) is 221 cm³/mol. The fourth-order valence-corrected chi connectivity index (χ4v) is 13.0. The minimum atomic E-state index is -4.06. The van der Waals surface area contributed by atoms with E-state index in [0.717, 1.165) is 82.1 Å². The maximum atomic E-state index is 14.1. The first-order chi connectivity index (χ1) is 27.0. The Kier molecular flexibility index (Phi) is 11.8. The smallest absolute Gasteiger partial charge is 0.264 e. The molecule has 2 aromatic carbocycles. The molecule has 2 saturated heterocycles. The first-order valence-corrected chi connectivity index (χ1v) is 23.0. The van der Waals surface area contributed by atoms with E-state index < -0.39 is 26.8 Å². The average molecular weight is 810 g/mol. The van der Waals surface area contributed by atoms with Gasteiger partial charge in [0, 0.05) is 82.1 Å². The molecule has 12 heteroatoms. The quantitative estimate of drug-likeness (QED) is 0.330. The van der Waals surface area contributed by atoms with Gasteiger partial charge in [0.25, 0.3) is 5.91 Å². The summed E-state index contributed by atoms with van der Waals surface area (Å²) in [5.41, 5.74) is 2.89. The summed E-state index contributed by atoms with van der Waals surface area (Å²) >= 11 is 6.53. The van der Waals surface area contributed by atoms with Gasteiger partial charge in [-0.2, -0.15) is 0 Å². The Morgan fingerprint density at radius 1 is 1.02 bits per heavy atom. The zero-order valence-corrected chi connectivity index (χ0v) is 35.1. The van der Waals surface area contributed by atoms with Crippen LogP contribution in [-0.4, -0.2) is 114 Å². The number of piperidine rings is 1. The van der Waals surface area contributed by atoms with Gasteiger partial charge in [0.05, 0.1) is 17.5 Å². The molecule has 3 fully saturated rings. The number of carbonyl (C=O) groups is 1. The van der Waals surface area contributed by atoms with E-state index in [-0.39, 0.29) is 30.3 Å². The Hall–Kier alpha value is -2.67. The minimum absolute atomic E-state index is 0.261. The number of allylic oxidation sites excluding steroid dienone is 1. The van der Waals surface area contributed by atoms with Gasteiger partial charge in [0.15, 0.2) is 0 Å². The molecule has 1 N–H and O–H groups in total. The van der Waals surface area contributed by atoms with Crippen LogP contribution in [0.5, 0.6) is 5.75 Å². The number of piperazine rings is 1. The van der Waals surface area contributed by atoms with Crippen molar-refractivity contribution in [2.24, 2.45) is 17.8 Å². The number of aryl methyl sites for hydroxylation is 1. The highest BCUT2D eigenvalue weighted by Gasteiger charge is 2.50. The summed E-state index contributed by atoms with van der Waals surface area (Å²) in [5.74, 6) is 0.424. The van der Waals surface area contributed by atoms with E-state index in [0.29, 0.717) is 36.3 Å². The number of benzene rings is 2. The molecule has 0 unspecified atom stereocenters. The third kappa shape index (κ3) is 7.90. The number of nitrogens with one attached hydrogen (secondary N) is 1. The molecule has 2 aromatic rings. The zero-order chi connectivity index (χ0) is 39.1. The molecular formula is C44H61ClN4O6S. The van der Waals surface area contributed by atoms with Crippen LogP contribution >= 0.6 is 11.6 Å². The van der Waals surface area contributed by atoms with Crippen molar-refractivity contribution in [3.8, 4) is 5.75 Å². The average Bonchev–Trinajstić information content (AvgIpc) is 3.32. The van der Waals surface area contributed by atoms with E-state index >= 15 is 0 Å². The topological polar surface area (TPSA) is 101 Å². The summed E-state index contributed by atoms with van der Waals surface area (Å²) in [4.78, 5) is 21.7. The maximum absolute atomic E-state index is 14.1. The van der Waals surface area contributed by atoms with Crippen molar-refractivity contribution < 1.29 is 27.4 Å². The molecule has 1 spiro atoms. The Balaban J connectivity index is 1.20. The lowest BCUT2D eigenvalue weighted by Gasteiger charge is -2.53. The van der Waals surface area contributed by atoms with Crippen molar-refractivity contribution >= 4 is 33.2 Å². The number of anilines is 1. The fourth-order valence-electron chi connectivity index (χ4n) is 11.1. The molecule has 1 amide bonds. The number of hydrogen-bond donors (Lipinski definition) is 1. The Labute approximate surface area is 339 Å². The maximum Gasteiger partial charge on any atom is 0.264 e. The molecule has 2 bridgehead atoms. The van der Waals surface area contributed by atoms with Crippen LogP contribution in [0, 0.1) is 17.8 Å². The van der Waals surface area contributed by atoms with Crippen LogP contribution in [0.2, 0.25) is 5.02 Å². The Morgan fingerprint density at radius 2 is 1.89 bits per heavy atom. The van der Waals surface area contributed by atoms with Crippen molar-refractivity contribution in [1.82, 2.24) is 14.5 Å². The van der Waals surface area contributed by atoms with Crippen LogP contribution in [0.3, 0.4) is 0 Å². The minimum Gasteiger partial charge on any atom is -0.490 e. The third-order valence-electron chi connectivity index (χ3n) is 14.4. The van der Waals surface area contributed by atoms with E-state index in [9.17, 15) is 13.2 Å². The summed E-state index contributed by atoms with van der Waals surface area (Å²) < 4.78 is 49.6. The largest absolute Gasteiger partial charge is 0.490 e. The SMILES string of the molecule is COCC[C@@H]1[C@@H](C)C/C=C\[C@](CN2CCN3CCCC[C@@H]3C2)(OC)[C@@H]2CC[C@H]2CN2C[C@@]3(CCCc4cc(Cl)ccc43)COc3ccc(cc32)C(=O)NS1(=O)=O. The van der Waals surface area contributed by atoms with Crippen LogP contribution in [0.1, 0.15) is 86.2 Å². The van der Waals surface area contributed by atoms with Gasteiger partial charge in [-0.25, -0.2) is 13.1 Å². The van der Waals surface area contributed by atoms with Crippen LogP contribution < -0.4 is 14.4 Å². The highest BCUT2D eigenvalue weighted by molar-refractivity contribution is 7.90. The van der Waals surface area contributed by atoms with Crippen LogP contribution in [-0.2, 0) is 31.3 Å². The van der Waals surface area contributed by atoms with Gasteiger partial charge in [-0.3, -0.25) is 14.6 Å². The van der Waals surface area contributed by atoms with Gasteiger partial charge in [-0.15, -0.1) is 0 Å². The molecule has 4 heterocycles. The molecule has 0 aromatic heterocycles. The number of sulfonamides is 1. The fraction of sp³-hybridized carbons (Fsp3) is 0.659. The number of methoxy groups -OCH3 is 2. The van der Waals surface area contributed by atoms with Gasteiger partial charge < -0.3 is 19.1 Å². The lowest BCUT2D eigenvalue weighted by atomic mass is 9.63. The van der Waals surface area contributed by atoms with E-state index in [1.807, 2.05) is 32.2 Å². The van der Waals surface area contributed by atoms with E-state index in [1.165, 1.54) is 36.9 Å². The van der Waals surface area contributed by atoms with Gasteiger partial charge >= 0.3 is 0 Å². The lowest BCUT2D eigenvalue weighted by Crippen LogP contribution is -2.61. The second-order valence-electron chi connectivity index (χ2n) is 17.7. The summed E-state index contributed by atoms with van der Waals surface area (Å²) in [6.07, 6.45) is 14.2. The molecule has 4 aliphatic heterocycles. The van der Waals surface area contributed by atoms with E-state index in [1.54, 1.807) is 13.2 Å². The monoisotopic (exact) mass is 808 g/mol. The normalized spacial score (nSPS) is 34.2. The predicted octanol–water partition coefficient (Wildman–Crippen LogP) is 6.46. The molecule has 8 rings (SSSR count). The lowest BCUT2D eigenvalue weighted by molar-refractivity contribution is -0.100. The molecule has 7 atom stereocenters. The van der Waals surface area contributed by atoms with E-state index in [4.69, 9.17) is 25.8 Å². The van der Waals surface area contributed by atoms with Crippen molar-refractivity contribution in [3.63, 3.8) is 0 Å². The Bertz CT molecular complexity index is 1890. The van der Waals surface area contributed by atoms with Gasteiger partial charge in [0.2, 0.25) is 10.0 Å². The molecule has 0 radical (unpaired) electrons. The number of nitrogens with zero attached hydrogens (tertiary/aromatic N) is 3. The van der Waals surface area contributed by atoms with Crippen LogP contribution in [0.4, 0.5) is 5.69 Å². The van der Waals surface area contributed by atoms with Crippen LogP contribution in [0.25, 0.3) is 0 Å². The van der Waals surface area contributed by atoms with Crippen molar-refractivity contribution in [1.29, 1.82) is 0 Å². The van der Waals surface area contributed by atoms with Crippen LogP contribution in [0.15, 0.2) is 48.6 Å². The van der Waals surface area contributed by atoms with Crippen molar-refractivity contribution in [3.05, 3.63) is 70.3 Å². The molecule has 10 nitrogen and oxygen atoms in total. The molecule has 1 saturated carbocycles. The zero-order valence-electron chi connectivity index (χ0n) is 33.5. The van der Waals surface area contributed by atoms with E-state index in [2.05, 4.69) is 43.7 Å². The Morgan fingerprint density at radius 3 is 2.70 bits per heavy atom. The molecule has 2 aliphatic carbocycles. The van der Waals surface area contributed by atoms with Gasteiger partial charge in [-0.05, 0) is 124 Å². The number of carbonyl (C=O) groups excluding carboxylic acids is 1. The van der Waals surface area contributed by atoms with Gasteiger partial charge in [0.1, 0.15) is 11.4 Å². The summed E-state index contributed by atoms with van der Waals surface area (Å²) in [6, 6.07) is 12.3. The third-order valence-corrected chi connectivity index (χ3v) is 16.6. The summed E-state index contributed by atoms with van der Waals surface area (Å²) in [7, 11) is -0.608. The summed E-state index contributed by atoms with van der Waals surface area (Å²) in [6.45, 7) is 9.41. The van der Waals surface area contributed by atoms with Crippen molar-refractivity contribution in [2.75, 3.05) is 78.1 Å². The molecule has 56 heavy (non-hydrogen) atoms. The second-order valence-corrected chi connectivity index (χ2v) is 20.1. The number of hydrogen-bond acceptors (Lipinski definition) is 9. The molecule has 6 aliphatic rings. The standard InChI is InChI=1S/C44H61ClN4O6S/c1-31-8-6-19-44(54-3,29-47-21-22-48-20-5-4-10-36(48)27-47)38-14-11-34(38)26-49-28-43(18-7-9-32-24-35(45)13-15-37(32)43)30-55-40-16-12-33(25-39(40)49)42(50)46-56(51,52)41(31)17-23-53-2/h6,12-13,15-16,19,24-25,31,34,36,38,41H,4-5,7-11,14,17-18,20-23,26-30H2,1-3H3,(H,46,50)/b19-6-/t31-,34-,36+,38+,41+,43-,44+/m0/s1. The van der Waals surface area contributed by atoms with Gasteiger partial charge in [-0.1, -0.05) is 43.2 Å².